The maximum atomic E-state index is 5.31. The van der Waals surface area contributed by atoms with E-state index in [4.69, 9.17) is 4.74 Å². The van der Waals surface area contributed by atoms with Crippen LogP contribution in [0.15, 0.2) is 53.0 Å². The Balaban J connectivity index is 2.67. The van der Waals surface area contributed by atoms with Crippen molar-refractivity contribution < 1.29 is 4.74 Å². The molecule has 1 aromatic heterocycles. The van der Waals surface area contributed by atoms with Gasteiger partial charge in [0.05, 0.1) is 12.9 Å². The summed E-state index contributed by atoms with van der Waals surface area (Å²) in [5.74, 6) is 0.967. The highest BCUT2D eigenvalue weighted by Crippen LogP contribution is 2.12. The lowest BCUT2D eigenvalue weighted by Gasteiger charge is -2.03. The summed E-state index contributed by atoms with van der Waals surface area (Å²) in [5.41, 5.74) is 2.42. The van der Waals surface area contributed by atoms with E-state index in [1.54, 1.807) is 18.4 Å². The van der Waals surface area contributed by atoms with Gasteiger partial charge in [-0.2, -0.15) is 11.3 Å². The van der Waals surface area contributed by atoms with Crippen LogP contribution in [0.4, 0.5) is 0 Å². The molecular weight excluding hydrogens is 204 g/mol. The zero-order valence-corrected chi connectivity index (χ0v) is 10.0. The van der Waals surface area contributed by atoms with Gasteiger partial charge in [-0.3, -0.25) is 0 Å². The first-order valence-electron chi connectivity index (χ1n) is 4.81. The van der Waals surface area contributed by atoms with Gasteiger partial charge in [-0.25, -0.2) is 0 Å². The van der Waals surface area contributed by atoms with Crippen LogP contribution in [0.2, 0.25) is 0 Å². The molecule has 1 rings (SSSR count). The number of allylic oxidation sites excluding steroid dienone is 5. The Morgan fingerprint density at radius 2 is 2.33 bits per heavy atom. The van der Waals surface area contributed by atoms with Gasteiger partial charge >= 0.3 is 0 Å². The molecule has 1 aromatic rings. The van der Waals surface area contributed by atoms with Gasteiger partial charge in [-0.05, 0) is 35.4 Å². The molecule has 80 valence electrons. The van der Waals surface area contributed by atoms with Crippen LogP contribution in [0.3, 0.4) is 0 Å². The van der Waals surface area contributed by atoms with E-state index in [9.17, 15) is 0 Å². The first-order valence-corrected chi connectivity index (χ1v) is 5.75. The van der Waals surface area contributed by atoms with Gasteiger partial charge in [0.1, 0.15) is 0 Å². The van der Waals surface area contributed by atoms with E-state index in [0.29, 0.717) is 0 Å². The Kier molecular flexibility index (Phi) is 4.91. The van der Waals surface area contributed by atoms with Gasteiger partial charge in [0.25, 0.3) is 0 Å². The van der Waals surface area contributed by atoms with Crippen LogP contribution in [0.1, 0.15) is 12.5 Å². The molecule has 0 atom stereocenters. The minimum atomic E-state index is 0.848. The highest BCUT2D eigenvalue weighted by atomic mass is 32.1. The highest BCUT2D eigenvalue weighted by molar-refractivity contribution is 7.07. The van der Waals surface area contributed by atoms with Gasteiger partial charge < -0.3 is 4.74 Å². The third-order valence-corrected chi connectivity index (χ3v) is 2.81. The molecule has 0 saturated carbocycles. The third-order valence-electron chi connectivity index (χ3n) is 2.07. The highest BCUT2D eigenvalue weighted by Gasteiger charge is 1.98. The standard InChI is InChI=1S/C13H16OS/c1-4-11(2)5-6-13(14-3)9-12-7-8-15-10-12/h4-8,10H,1,9H2,2-3H3/b11-5-,13-6+. The first-order chi connectivity index (χ1) is 7.26. The monoisotopic (exact) mass is 220 g/mol. The minimum absolute atomic E-state index is 0.848. The molecule has 0 aliphatic heterocycles. The maximum Gasteiger partial charge on any atom is 0.0999 e. The fourth-order valence-corrected chi connectivity index (χ4v) is 1.75. The topological polar surface area (TPSA) is 9.23 Å². The Bertz CT molecular complexity index is 358. The lowest BCUT2D eigenvalue weighted by atomic mass is 10.2. The summed E-state index contributed by atoms with van der Waals surface area (Å²) < 4.78 is 5.31. The van der Waals surface area contributed by atoms with E-state index in [1.165, 1.54) is 5.56 Å². The molecule has 0 radical (unpaired) electrons. The van der Waals surface area contributed by atoms with Crippen molar-refractivity contribution >= 4 is 11.3 Å². The Labute approximate surface area is 95.4 Å². The largest absolute Gasteiger partial charge is 0.501 e. The van der Waals surface area contributed by atoms with Crippen LogP contribution in [-0.2, 0) is 11.2 Å². The molecule has 0 N–H and O–H groups in total. The summed E-state index contributed by atoms with van der Waals surface area (Å²) >= 11 is 1.71. The van der Waals surface area contributed by atoms with Gasteiger partial charge in [0, 0.05) is 6.42 Å². The lowest BCUT2D eigenvalue weighted by molar-refractivity contribution is 0.283. The number of ether oxygens (including phenoxy) is 1. The summed E-state index contributed by atoms with van der Waals surface area (Å²) in [5, 5.41) is 4.21. The van der Waals surface area contributed by atoms with Crippen LogP contribution in [0.5, 0.6) is 0 Å². The Morgan fingerprint density at radius 1 is 1.53 bits per heavy atom. The molecule has 0 amide bonds. The molecule has 0 spiro atoms. The maximum absolute atomic E-state index is 5.31. The van der Waals surface area contributed by atoms with Crippen molar-refractivity contribution in [3.8, 4) is 0 Å². The smallest absolute Gasteiger partial charge is 0.0999 e. The van der Waals surface area contributed by atoms with Crippen LogP contribution in [0, 0.1) is 0 Å². The number of thiophene rings is 1. The van der Waals surface area contributed by atoms with Crippen molar-refractivity contribution in [2.75, 3.05) is 7.11 Å². The normalized spacial score (nSPS) is 12.7. The number of hydrogen-bond acceptors (Lipinski definition) is 2. The lowest BCUT2D eigenvalue weighted by Crippen LogP contribution is -1.91. The third kappa shape index (κ3) is 4.17. The quantitative estimate of drug-likeness (QED) is 0.539. The fourth-order valence-electron chi connectivity index (χ4n) is 1.09. The second-order valence-electron chi connectivity index (χ2n) is 3.26. The van der Waals surface area contributed by atoms with Gasteiger partial charge in [0.15, 0.2) is 0 Å². The summed E-state index contributed by atoms with van der Waals surface area (Å²) in [6, 6.07) is 2.11. The molecule has 15 heavy (non-hydrogen) atoms. The number of rotatable bonds is 5. The molecule has 1 nitrogen and oxygen atoms in total. The van der Waals surface area contributed by atoms with Gasteiger partial charge in [-0.15, -0.1) is 0 Å². The Morgan fingerprint density at radius 3 is 2.87 bits per heavy atom. The van der Waals surface area contributed by atoms with Crippen LogP contribution in [0.25, 0.3) is 0 Å². The molecule has 1 heterocycles. The molecule has 0 aliphatic carbocycles. The van der Waals surface area contributed by atoms with Crippen molar-refractivity contribution in [2.45, 2.75) is 13.3 Å². The molecular formula is C13H16OS. The number of methoxy groups -OCH3 is 1. The van der Waals surface area contributed by atoms with E-state index < -0.39 is 0 Å². The molecule has 0 saturated heterocycles. The van der Waals surface area contributed by atoms with E-state index in [1.807, 2.05) is 25.2 Å². The van der Waals surface area contributed by atoms with Gasteiger partial charge in [-0.1, -0.05) is 24.3 Å². The summed E-state index contributed by atoms with van der Waals surface area (Å²) in [6.07, 6.45) is 6.68. The number of hydrogen-bond donors (Lipinski definition) is 0. The van der Waals surface area contributed by atoms with Crippen molar-refractivity contribution in [3.63, 3.8) is 0 Å². The molecule has 0 fully saturated rings. The Hall–Kier alpha value is -1.28. The SMILES string of the molecule is C=C/C(C)=C\C=C(/Cc1ccsc1)OC. The van der Waals surface area contributed by atoms with Crippen molar-refractivity contribution in [1.82, 2.24) is 0 Å². The average Bonchev–Trinajstić information content (AvgIpc) is 2.76. The summed E-state index contributed by atoms with van der Waals surface area (Å²) in [6.45, 7) is 5.72. The summed E-state index contributed by atoms with van der Waals surface area (Å²) in [4.78, 5) is 0. The molecule has 0 aromatic carbocycles. The van der Waals surface area contributed by atoms with E-state index >= 15 is 0 Å². The van der Waals surface area contributed by atoms with Crippen LogP contribution in [-0.4, -0.2) is 7.11 Å². The minimum Gasteiger partial charge on any atom is -0.501 e. The molecule has 0 unspecified atom stereocenters. The molecule has 0 bridgehead atoms. The van der Waals surface area contributed by atoms with Crippen molar-refractivity contribution in [1.29, 1.82) is 0 Å². The second kappa shape index (κ2) is 6.25. The first kappa shape index (κ1) is 11.8. The summed E-state index contributed by atoms with van der Waals surface area (Å²) in [7, 11) is 1.70. The van der Waals surface area contributed by atoms with E-state index in [0.717, 1.165) is 17.8 Å². The average molecular weight is 220 g/mol. The van der Waals surface area contributed by atoms with Crippen LogP contribution >= 0.6 is 11.3 Å². The van der Waals surface area contributed by atoms with E-state index in [-0.39, 0.29) is 0 Å². The van der Waals surface area contributed by atoms with E-state index in [2.05, 4.69) is 23.4 Å². The van der Waals surface area contributed by atoms with Crippen LogP contribution < -0.4 is 0 Å². The molecule has 2 heteroatoms. The zero-order chi connectivity index (χ0) is 11.1. The van der Waals surface area contributed by atoms with Crippen molar-refractivity contribution in [3.05, 3.63) is 58.5 Å². The predicted octanol–water partition coefficient (Wildman–Crippen LogP) is 3.95. The predicted molar refractivity (Wildman–Crippen MR) is 67.1 cm³/mol. The van der Waals surface area contributed by atoms with Crippen molar-refractivity contribution in [2.24, 2.45) is 0 Å². The van der Waals surface area contributed by atoms with Gasteiger partial charge in [0.2, 0.25) is 0 Å². The second-order valence-corrected chi connectivity index (χ2v) is 4.04. The zero-order valence-electron chi connectivity index (χ0n) is 9.19. The fraction of sp³-hybridized carbons (Fsp3) is 0.231. The molecule has 0 aliphatic rings.